The van der Waals surface area contributed by atoms with Crippen LogP contribution < -0.4 is 10.2 Å². The minimum atomic E-state index is 0.0781. The molecule has 0 unspecified atom stereocenters. The molecular formula is C11H18ClN5O. The third-order valence-corrected chi connectivity index (χ3v) is 3.35. The summed E-state index contributed by atoms with van der Waals surface area (Å²) in [4.78, 5) is 14.5. The van der Waals surface area contributed by atoms with E-state index in [9.17, 15) is 5.11 Å². The Morgan fingerprint density at radius 1 is 1.33 bits per heavy atom. The van der Waals surface area contributed by atoms with Crippen molar-refractivity contribution in [1.29, 1.82) is 0 Å². The quantitative estimate of drug-likeness (QED) is 0.841. The van der Waals surface area contributed by atoms with Gasteiger partial charge in [0, 0.05) is 19.6 Å². The number of aliphatic hydroxyl groups is 1. The van der Waals surface area contributed by atoms with Crippen molar-refractivity contribution in [3.8, 4) is 0 Å². The molecule has 1 fully saturated rings. The average molecular weight is 272 g/mol. The smallest absolute Gasteiger partial charge is 0.231 e. The first kappa shape index (κ1) is 13.3. The number of nitrogens with zero attached hydrogens (tertiary/aromatic N) is 4. The van der Waals surface area contributed by atoms with Crippen LogP contribution >= 0.6 is 11.6 Å². The Morgan fingerprint density at radius 3 is 2.67 bits per heavy atom. The van der Waals surface area contributed by atoms with Gasteiger partial charge in [-0.3, -0.25) is 0 Å². The summed E-state index contributed by atoms with van der Waals surface area (Å²) in [6, 6.07) is 0.389. The minimum Gasteiger partial charge on any atom is -0.395 e. The Kier molecular flexibility index (Phi) is 4.54. The van der Waals surface area contributed by atoms with Crippen LogP contribution in [0.5, 0.6) is 0 Å². The van der Waals surface area contributed by atoms with E-state index in [-0.39, 0.29) is 11.9 Å². The molecule has 1 saturated carbocycles. The zero-order valence-corrected chi connectivity index (χ0v) is 11.2. The first-order chi connectivity index (χ1) is 8.74. The van der Waals surface area contributed by atoms with E-state index in [1.54, 1.807) is 7.05 Å². The van der Waals surface area contributed by atoms with Gasteiger partial charge in [0.15, 0.2) is 0 Å². The maximum absolute atomic E-state index is 9.19. The molecule has 1 aromatic rings. The van der Waals surface area contributed by atoms with Crippen molar-refractivity contribution in [3.05, 3.63) is 5.28 Å². The summed E-state index contributed by atoms with van der Waals surface area (Å²) in [6.45, 7) is 0.600. The fourth-order valence-electron chi connectivity index (χ4n) is 2.35. The minimum absolute atomic E-state index is 0.0781. The third-order valence-electron chi connectivity index (χ3n) is 3.18. The van der Waals surface area contributed by atoms with Gasteiger partial charge in [0.25, 0.3) is 0 Å². The molecule has 0 spiro atoms. The van der Waals surface area contributed by atoms with Crippen LogP contribution in [-0.4, -0.2) is 46.3 Å². The van der Waals surface area contributed by atoms with Crippen LogP contribution in [0.1, 0.15) is 25.7 Å². The van der Waals surface area contributed by atoms with E-state index in [1.165, 1.54) is 12.8 Å². The fourth-order valence-corrected chi connectivity index (χ4v) is 2.51. The second-order valence-corrected chi connectivity index (χ2v) is 4.67. The number of anilines is 2. The lowest BCUT2D eigenvalue weighted by Gasteiger charge is -2.28. The second kappa shape index (κ2) is 6.15. The predicted molar refractivity (Wildman–Crippen MR) is 71.1 cm³/mol. The molecule has 7 heteroatoms. The standard InChI is InChI=1S/C11H18ClN5O/c1-13-10-14-9(12)15-11(16-10)17(6-7-18)8-4-2-3-5-8/h8,18H,2-7H2,1H3,(H,13,14,15,16). The van der Waals surface area contributed by atoms with E-state index in [0.29, 0.717) is 24.5 Å². The van der Waals surface area contributed by atoms with Gasteiger partial charge >= 0.3 is 0 Å². The lowest BCUT2D eigenvalue weighted by atomic mass is 10.2. The number of aliphatic hydroxyl groups excluding tert-OH is 1. The average Bonchev–Trinajstić information content (AvgIpc) is 2.88. The molecule has 1 aliphatic carbocycles. The van der Waals surface area contributed by atoms with Crippen LogP contribution in [0.2, 0.25) is 5.28 Å². The van der Waals surface area contributed by atoms with E-state index in [1.807, 2.05) is 4.90 Å². The summed E-state index contributed by atoms with van der Waals surface area (Å²) >= 11 is 5.89. The van der Waals surface area contributed by atoms with Crippen molar-refractivity contribution < 1.29 is 5.11 Å². The molecule has 0 aliphatic heterocycles. The number of hydrogen-bond donors (Lipinski definition) is 2. The Hall–Kier alpha value is -1.14. The SMILES string of the molecule is CNc1nc(Cl)nc(N(CCO)C2CCCC2)n1. The molecule has 1 aliphatic rings. The maximum Gasteiger partial charge on any atom is 0.231 e. The van der Waals surface area contributed by atoms with Crippen LogP contribution in [0, 0.1) is 0 Å². The molecule has 0 aromatic carbocycles. The Bertz CT molecular complexity index is 397. The molecule has 0 amide bonds. The van der Waals surface area contributed by atoms with Crippen LogP contribution in [-0.2, 0) is 0 Å². The monoisotopic (exact) mass is 271 g/mol. The molecule has 18 heavy (non-hydrogen) atoms. The topological polar surface area (TPSA) is 74.2 Å². The summed E-state index contributed by atoms with van der Waals surface area (Å²) in [6.07, 6.45) is 4.64. The number of nitrogens with one attached hydrogen (secondary N) is 1. The van der Waals surface area contributed by atoms with E-state index < -0.39 is 0 Å². The lowest BCUT2D eigenvalue weighted by Crippen LogP contribution is -2.37. The second-order valence-electron chi connectivity index (χ2n) is 4.33. The molecule has 1 heterocycles. The van der Waals surface area contributed by atoms with Gasteiger partial charge in [-0.25, -0.2) is 0 Å². The van der Waals surface area contributed by atoms with Gasteiger partial charge in [0.05, 0.1) is 6.61 Å². The molecule has 0 saturated heterocycles. The van der Waals surface area contributed by atoms with Crippen LogP contribution in [0.15, 0.2) is 0 Å². The summed E-state index contributed by atoms with van der Waals surface area (Å²) in [5.74, 6) is 0.992. The number of halogens is 1. The molecule has 0 atom stereocenters. The van der Waals surface area contributed by atoms with Crippen LogP contribution in [0.3, 0.4) is 0 Å². The van der Waals surface area contributed by atoms with Gasteiger partial charge in [-0.15, -0.1) is 0 Å². The van der Waals surface area contributed by atoms with Crippen molar-refractivity contribution in [3.63, 3.8) is 0 Å². The maximum atomic E-state index is 9.19. The van der Waals surface area contributed by atoms with Crippen molar-refractivity contribution in [2.45, 2.75) is 31.7 Å². The molecule has 0 radical (unpaired) electrons. The number of aromatic nitrogens is 3. The molecule has 0 bridgehead atoms. The van der Waals surface area contributed by atoms with Gasteiger partial charge in [-0.1, -0.05) is 12.8 Å². The Balaban J connectivity index is 2.25. The zero-order chi connectivity index (χ0) is 13.0. The van der Waals surface area contributed by atoms with E-state index in [2.05, 4.69) is 20.3 Å². The van der Waals surface area contributed by atoms with Crippen LogP contribution in [0.4, 0.5) is 11.9 Å². The number of hydrogen-bond acceptors (Lipinski definition) is 6. The van der Waals surface area contributed by atoms with Crippen molar-refractivity contribution in [1.82, 2.24) is 15.0 Å². The number of rotatable bonds is 5. The van der Waals surface area contributed by atoms with Gasteiger partial charge < -0.3 is 15.3 Å². The van der Waals surface area contributed by atoms with Crippen molar-refractivity contribution in [2.75, 3.05) is 30.4 Å². The normalized spacial score (nSPS) is 15.9. The fraction of sp³-hybridized carbons (Fsp3) is 0.727. The molecule has 1 aromatic heterocycles. The highest BCUT2D eigenvalue weighted by atomic mass is 35.5. The highest BCUT2D eigenvalue weighted by Gasteiger charge is 2.25. The van der Waals surface area contributed by atoms with Crippen molar-refractivity contribution >= 4 is 23.5 Å². The highest BCUT2D eigenvalue weighted by molar-refractivity contribution is 6.28. The van der Waals surface area contributed by atoms with Gasteiger partial charge in [-0.05, 0) is 24.4 Å². The highest BCUT2D eigenvalue weighted by Crippen LogP contribution is 2.26. The molecular weight excluding hydrogens is 254 g/mol. The largest absolute Gasteiger partial charge is 0.395 e. The van der Waals surface area contributed by atoms with Crippen molar-refractivity contribution in [2.24, 2.45) is 0 Å². The molecule has 6 nitrogen and oxygen atoms in total. The summed E-state index contributed by atoms with van der Waals surface area (Å²) in [7, 11) is 1.74. The summed E-state index contributed by atoms with van der Waals surface area (Å²) in [5.41, 5.74) is 0. The summed E-state index contributed by atoms with van der Waals surface area (Å²) in [5, 5.41) is 12.2. The summed E-state index contributed by atoms with van der Waals surface area (Å²) < 4.78 is 0. The first-order valence-corrected chi connectivity index (χ1v) is 6.59. The molecule has 100 valence electrons. The van der Waals surface area contributed by atoms with E-state index in [0.717, 1.165) is 12.8 Å². The third kappa shape index (κ3) is 3.00. The Morgan fingerprint density at radius 2 is 2.06 bits per heavy atom. The van der Waals surface area contributed by atoms with Gasteiger partial charge in [0.1, 0.15) is 0 Å². The lowest BCUT2D eigenvalue weighted by molar-refractivity contribution is 0.296. The molecule has 2 N–H and O–H groups in total. The Labute approximate surface area is 111 Å². The van der Waals surface area contributed by atoms with Gasteiger partial charge in [-0.2, -0.15) is 15.0 Å². The van der Waals surface area contributed by atoms with E-state index in [4.69, 9.17) is 11.6 Å². The zero-order valence-electron chi connectivity index (χ0n) is 10.4. The van der Waals surface area contributed by atoms with Crippen LogP contribution in [0.25, 0.3) is 0 Å². The first-order valence-electron chi connectivity index (χ1n) is 6.21. The molecule has 2 rings (SSSR count). The predicted octanol–water partition coefficient (Wildman–Crippen LogP) is 1.31. The van der Waals surface area contributed by atoms with Gasteiger partial charge in [0.2, 0.25) is 17.2 Å². The van der Waals surface area contributed by atoms with E-state index >= 15 is 0 Å².